The molecule has 0 atom stereocenters. The van der Waals surface area contributed by atoms with Crippen molar-refractivity contribution >= 4 is 28.6 Å². The van der Waals surface area contributed by atoms with Crippen molar-refractivity contribution < 1.29 is 8.78 Å². The van der Waals surface area contributed by atoms with E-state index in [1.165, 1.54) is 12.4 Å². The molecular formula is C12H10F2N6. The second kappa shape index (κ2) is 4.72. The fraction of sp³-hybridized carbons (Fsp3) is 0.0833. The van der Waals surface area contributed by atoms with Gasteiger partial charge in [0.15, 0.2) is 11.5 Å². The molecule has 0 saturated heterocycles. The first-order valence-corrected chi connectivity index (χ1v) is 5.78. The lowest BCUT2D eigenvalue weighted by Gasteiger charge is -2.08. The third-order valence-electron chi connectivity index (χ3n) is 2.69. The smallest absolute Gasteiger partial charge is 0.226 e. The summed E-state index contributed by atoms with van der Waals surface area (Å²) in [5.41, 5.74) is 1.09. The predicted octanol–water partition coefficient (Wildman–Crippen LogP) is 2.42. The minimum Gasteiger partial charge on any atom is -0.357 e. The van der Waals surface area contributed by atoms with Crippen molar-refractivity contribution in [2.45, 2.75) is 0 Å². The van der Waals surface area contributed by atoms with Gasteiger partial charge in [-0.1, -0.05) is 0 Å². The first-order valence-electron chi connectivity index (χ1n) is 5.78. The van der Waals surface area contributed by atoms with Crippen LogP contribution in [0, 0.1) is 11.6 Å². The Bertz CT molecular complexity index is 770. The number of rotatable bonds is 3. The topological polar surface area (TPSA) is 78.5 Å². The second-order valence-corrected chi connectivity index (χ2v) is 4.00. The summed E-state index contributed by atoms with van der Waals surface area (Å²) in [7, 11) is 1.66. The average molecular weight is 276 g/mol. The van der Waals surface area contributed by atoms with Crippen molar-refractivity contribution in [3.63, 3.8) is 0 Å². The predicted molar refractivity (Wildman–Crippen MR) is 70.9 cm³/mol. The summed E-state index contributed by atoms with van der Waals surface area (Å²) in [6.07, 6.45) is 1.46. The van der Waals surface area contributed by atoms with Crippen LogP contribution in [0.3, 0.4) is 0 Å². The number of benzene rings is 1. The standard InChI is InChI=1S/C12H10F2N6/c1-15-12-19-10-9(16-5-17-10)11(20-12)18-8-3-2-6(13)4-7(8)14/h2-5H,1H3,(H3,15,16,17,18,19,20). The molecule has 20 heavy (non-hydrogen) atoms. The molecule has 0 radical (unpaired) electrons. The second-order valence-electron chi connectivity index (χ2n) is 4.00. The van der Waals surface area contributed by atoms with Gasteiger partial charge in [-0.2, -0.15) is 9.97 Å². The molecule has 3 aromatic rings. The van der Waals surface area contributed by atoms with Crippen LogP contribution in [0.25, 0.3) is 11.2 Å². The summed E-state index contributed by atoms with van der Waals surface area (Å²) in [6.45, 7) is 0. The summed E-state index contributed by atoms with van der Waals surface area (Å²) in [5.74, 6) is -0.655. The lowest BCUT2D eigenvalue weighted by atomic mass is 10.3. The van der Waals surface area contributed by atoms with E-state index < -0.39 is 11.6 Å². The van der Waals surface area contributed by atoms with Gasteiger partial charge in [-0.15, -0.1) is 0 Å². The van der Waals surface area contributed by atoms with Crippen LogP contribution < -0.4 is 10.6 Å². The van der Waals surface area contributed by atoms with Crippen LogP contribution in [0.5, 0.6) is 0 Å². The van der Waals surface area contributed by atoms with Crippen LogP contribution in [0.4, 0.5) is 26.2 Å². The van der Waals surface area contributed by atoms with Gasteiger partial charge < -0.3 is 15.6 Å². The number of hydrogen-bond acceptors (Lipinski definition) is 5. The van der Waals surface area contributed by atoms with Gasteiger partial charge in [-0.25, -0.2) is 13.8 Å². The minimum atomic E-state index is -0.706. The fourth-order valence-electron chi connectivity index (χ4n) is 1.75. The normalized spacial score (nSPS) is 10.8. The number of imidazole rings is 1. The van der Waals surface area contributed by atoms with E-state index in [2.05, 4.69) is 30.6 Å². The summed E-state index contributed by atoms with van der Waals surface area (Å²) < 4.78 is 26.5. The highest BCUT2D eigenvalue weighted by Gasteiger charge is 2.11. The highest BCUT2D eigenvalue weighted by Crippen LogP contribution is 2.24. The van der Waals surface area contributed by atoms with Gasteiger partial charge in [0.25, 0.3) is 0 Å². The molecule has 2 heterocycles. The molecule has 2 aromatic heterocycles. The summed E-state index contributed by atoms with van der Waals surface area (Å²) in [4.78, 5) is 15.2. The van der Waals surface area contributed by atoms with Crippen molar-refractivity contribution in [2.24, 2.45) is 0 Å². The highest BCUT2D eigenvalue weighted by molar-refractivity contribution is 5.86. The first-order chi connectivity index (χ1) is 9.67. The van der Waals surface area contributed by atoms with E-state index in [9.17, 15) is 8.78 Å². The van der Waals surface area contributed by atoms with Crippen LogP contribution in [-0.2, 0) is 0 Å². The van der Waals surface area contributed by atoms with Crippen molar-refractivity contribution in [3.05, 3.63) is 36.2 Å². The molecule has 3 N–H and O–H groups in total. The maximum absolute atomic E-state index is 13.7. The number of aromatic nitrogens is 4. The van der Waals surface area contributed by atoms with Crippen LogP contribution in [0.15, 0.2) is 24.5 Å². The van der Waals surface area contributed by atoms with Gasteiger partial charge in [0, 0.05) is 13.1 Å². The molecular weight excluding hydrogens is 266 g/mol. The molecule has 102 valence electrons. The molecule has 0 saturated carbocycles. The number of nitrogens with one attached hydrogen (secondary N) is 3. The molecule has 0 spiro atoms. The largest absolute Gasteiger partial charge is 0.357 e. The van der Waals surface area contributed by atoms with Gasteiger partial charge in [-0.3, -0.25) is 0 Å². The minimum absolute atomic E-state index is 0.114. The molecule has 0 unspecified atom stereocenters. The summed E-state index contributed by atoms with van der Waals surface area (Å²) >= 11 is 0. The Morgan fingerprint density at radius 1 is 1.20 bits per heavy atom. The number of H-pyrrole nitrogens is 1. The lowest BCUT2D eigenvalue weighted by molar-refractivity contribution is 0.586. The van der Waals surface area contributed by atoms with E-state index in [-0.39, 0.29) is 5.69 Å². The molecule has 0 bridgehead atoms. The molecule has 6 nitrogen and oxygen atoms in total. The molecule has 0 fully saturated rings. The maximum atomic E-state index is 13.7. The number of anilines is 3. The van der Waals surface area contributed by atoms with Gasteiger partial charge >= 0.3 is 0 Å². The van der Waals surface area contributed by atoms with E-state index in [0.717, 1.165) is 12.1 Å². The van der Waals surface area contributed by atoms with Crippen molar-refractivity contribution in [1.82, 2.24) is 19.9 Å². The van der Waals surface area contributed by atoms with E-state index in [1.807, 2.05) is 0 Å². The number of hydrogen-bond donors (Lipinski definition) is 3. The van der Waals surface area contributed by atoms with Crippen LogP contribution in [-0.4, -0.2) is 27.0 Å². The molecule has 0 aliphatic rings. The molecule has 1 aromatic carbocycles. The van der Waals surface area contributed by atoms with Gasteiger partial charge in [0.05, 0.1) is 12.0 Å². The third-order valence-corrected chi connectivity index (χ3v) is 2.69. The molecule has 0 aliphatic carbocycles. The Kier molecular flexibility index (Phi) is 2.90. The van der Waals surface area contributed by atoms with Crippen LogP contribution >= 0.6 is 0 Å². The SMILES string of the molecule is CNc1nc(Nc2ccc(F)cc2F)c2[nH]cnc2n1. The summed E-state index contributed by atoms with van der Waals surface area (Å²) in [5, 5.41) is 5.59. The quantitative estimate of drug-likeness (QED) is 0.684. The van der Waals surface area contributed by atoms with E-state index in [0.29, 0.717) is 22.9 Å². The zero-order valence-electron chi connectivity index (χ0n) is 10.4. The zero-order chi connectivity index (χ0) is 14.1. The van der Waals surface area contributed by atoms with Crippen molar-refractivity contribution in [2.75, 3.05) is 17.7 Å². The monoisotopic (exact) mass is 276 g/mol. The number of fused-ring (bicyclic) bond motifs is 1. The Balaban J connectivity index is 2.07. The average Bonchev–Trinajstić information content (AvgIpc) is 2.90. The molecule has 8 heteroatoms. The fourth-order valence-corrected chi connectivity index (χ4v) is 1.75. The molecule has 3 rings (SSSR count). The zero-order valence-corrected chi connectivity index (χ0v) is 10.4. The van der Waals surface area contributed by atoms with Crippen LogP contribution in [0.1, 0.15) is 0 Å². The van der Waals surface area contributed by atoms with Gasteiger partial charge in [-0.05, 0) is 12.1 Å². The van der Waals surface area contributed by atoms with E-state index >= 15 is 0 Å². The van der Waals surface area contributed by atoms with E-state index in [4.69, 9.17) is 0 Å². The maximum Gasteiger partial charge on any atom is 0.226 e. The lowest BCUT2D eigenvalue weighted by Crippen LogP contribution is -2.03. The van der Waals surface area contributed by atoms with Crippen LogP contribution in [0.2, 0.25) is 0 Å². The number of nitrogens with zero attached hydrogens (tertiary/aromatic N) is 3. The molecule has 0 amide bonds. The third kappa shape index (κ3) is 2.11. The Morgan fingerprint density at radius 2 is 2.05 bits per heavy atom. The van der Waals surface area contributed by atoms with Gasteiger partial charge in [0.2, 0.25) is 5.95 Å². The Hall–Kier alpha value is -2.77. The van der Waals surface area contributed by atoms with Gasteiger partial charge in [0.1, 0.15) is 17.2 Å². The first kappa shape index (κ1) is 12.3. The Labute approximate surface area is 112 Å². The van der Waals surface area contributed by atoms with Crippen molar-refractivity contribution in [1.29, 1.82) is 0 Å². The number of aromatic amines is 1. The van der Waals surface area contributed by atoms with Crippen molar-refractivity contribution in [3.8, 4) is 0 Å². The summed E-state index contributed by atoms with van der Waals surface area (Å²) in [6, 6.07) is 3.26. The van der Waals surface area contributed by atoms with E-state index in [1.54, 1.807) is 7.05 Å². The Morgan fingerprint density at radius 3 is 2.80 bits per heavy atom. The molecule has 0 aliphatic heterocycles. The number of halogens is 2. The highest BCUT2D eigenvalue weighted by atomic mass is 19.1.